The molecule has 0 radical (unpaired) electrons. The van der Waals surface area contributed by atoms with Crippen LogP contribution in [0.1, 0.15) is 42.5 Å². The van der Waals surface area contributed by atoms with E-state index >= 15 is 0 Å². The highest BCUT2D eigenvalue weighted by atomic mass is 16.3. The Morgan fingerprint density at radius 2 is 1.34 bits per heavy atom. The van der Waals surface area contributed by atoms with Gasteiger partial charge in [-0.2, -0.15) is 0 Å². The van der Waals surface area contributed by atoms with E-state index in [-0.39, 0.29) is 16.2 Å². The van der Waals surface area contributed by atoms with Crippen LogP contribution in [0.5, 0.6) is 5.75 Å². The molecule has 140 valence electrons. The predicted octanol–water partition coefficient (Wildman–Crippen LogP) is 6.54. The molecule has 4 aromatic carbocycles. The molecule has 0 unspecified atom stereocenters. The summed E-state index contributed by atoms with van der Waals surface area (Å²) in [5.74, 6) is 0.441. The third-order valence-corrected chi connectivity index (χ3v) is 8.22. The Balaban J connectivity index is 1.80. The van der Waals surface area contributed by atoms with Gasteiger partial charge in [-0.05, 0) is 56.5 Å². The molecular weight excluding hydrogens is 352 g/mol. The number of phenols is 1. The fourth-order valence-electron chi connectivity index (χ4n) is 7.69. The van der Waals surface area contributed by atoms with Crippen molar-refractivity contribution in [3.05, 3.63) is 101 Å². The molecule has 4 aromatic rings. The first-order valence-corrected chi connectivity index (χ1v) is 10.5. The van der Waals surface area contributed by atoms with Gasteiger partial charge < -0.3 is 5.11 Å². The fourth-order valence-corrected chi connectivity index (χ4v) is 7.69. The van der Waals surface area contributed by atoms with E-state index in [1.165, 1.54) is 38.6 Å². The first-order valence-electron chi connectivity index (χ1n) is 10.5. The zero-order valence-electron chi connectivity index (χ0n) is 16.7. The Bertz CT molecular complexity index is 1380. The third kappa shape index (κ3) is 1.37. The average molecular weight is 374 g/mol. The molecule has 1 nitrogen and oxygen atoms in total. The summed E-state index contributed by atoms with van der Waals surface area (Å²) in [6.45, 7) is 4.83. The lowest BCUT2D eigenvalue weighted by Crippen LogP contribution is -2.69. The van der Waals surface area contributed by atoms with Crippen molar-refractivity contribution in [1.29, 1.82) is 0 Å². The third-order valence-electron chi connectivity index (χ3n) is 8.22. The Hall–Kier alpha value is -3.06. The van der Waals surface area contributed by atoms with Crippen LogP contribution in [0.25, 0.3) is 21.9 Å². The van der Waals surface area contributed by atoms with Crippen molar-refractivity contribution in [3.8, 4) is 16.9 Å². The normalized spacial score (nSPS) is 26.8. The van der Waals surface area contributed by atoms with Gasteiger partial charge in [0.1, 0.15) is 5.75 Å². The summed E-state index contributed by atoms with van der Waals surface area (Å²) in [7, 11) is 0. The monoisotopic (exact) mass is 374 g/mol. The van der Waals surface area contributed by atoms with E-state index in [1.54, 1.807) is 0 Å². The van der Waals surface area contributed by atoms with Gasteiger partial charge in [0.25, 0.3) is 0 Å². The lowest BCUT2D eigenvalue weighted by atomic mass is 9.31. The zero-order chi connectivity index (χ0) is 19.6. The maximum Gasteiger partial charge on any atom is 0.120 e. The highest BCUT2D eigenvalue weighted by molar-refractivity contribution is 6.02. The Kier molecular flexibility index (Phi) is 2.49. The van der Waals surface area contributed by atoms with Gasteiger partial charge in [-0.1, -0.05) is 86.6 Å². The molecule has 1 N–H and O–H groups in total. The van der Waals surface area contributed by atoms with E-state index in [1.807, 2.05) is 6.07 Å². The SMILES string of the molecule is CC1(C)C[C@@]23c4ccccc4-c4ccccc4[C@@]12c1cccc2ccc(O)c3c12. The van der Waals surface area contributed by atoms with Crippen LogP contribution < -0.4 is 0 Å². The highest BCUT2D eigenvalue weighted by Crippen LogP contribution is 2.81. The van der Waals surface area contributed by atoms with Gasteiger partial charge in [0.05, 0.1) is 0 Å². The molecule has 2 atom stereocenters. The molecule has 1 saturated carbocycles. The molecule has 7 rings (SSSR count). The second kappa shape index (κ2) is 4.57. The van der Waals surface area contributed by atoms with Crippen LogP contribution in [0.4, 0.5) is 0 Å². The maximum atomic E-state index is 11.2. The van der Waals surface area contributed by atoms with Crippen molar-refractivity contribution in [2.75, 3.05) is 0 Å². The standard InChI is InChI=1S/C28H22O/c1-26(2)16-27-20-11-5-3-9-18(20)19-10-4-6-12-21(19)28(26,27)22-13-7-8-17-14-15-23(29)25(27)24(17)22/h3-15,29H,16H2,1-2H3/t27-,28+/m0/s1. The Morgan fingerprint density at radius 3 is 2.10 bits per heavy atom. The van der Waals surface area contributed by atoms with E-state index in [4.69, 9.17) is 0 Å². The number of phenolic OH excluding ortho intramolecular Hbond substituents is 1. The molecule has 1 fully saturated rings. The molecule has 0 amide bonds. The van der Waals surface area contributed by atoms with Gasteiger partial charge in [0, 0.05) is 16.4 Å². The summed E-state index contributed by atoms with van der Waals surface area (Å²) in [4.78, 5) is 0. The molecule has 29 heavy (non-hydrogen) atoms. The van der Waals surface area contributed by atoms with E-state index < -0.39 is 0 Å². The summed E-state index contributed by atoms with van der Waals surface area (Å²) < 4.78 is 0. The number of hydrogen-bond acceptors (Lipinski definition) is 1. The van der Waals surface area contributed by atoms with Crippen molar-refractivity contribution in [3.63, 3.8) is 0 Å². The summed E-state index contributed by atoms with van der Waals surface area (Å²) in [6.07, 6.45) is 1.03. The summed E-state index contributed by atoms with van der Waals surface area (Å²) in [5, 5.41) is 13.7. The molecule has 0 aliphatic heterocycles. The van der Waals surface area contributed by atoms with E-state index in [2.05, 4.69) is 86.6 Å². The van der Waals surface area contributed by atoms with E-state index in [0.717, 1.165) is 12.0 Å². The molecule has 0 spiro atoms. The zero-order valence-corrected chi connectivity index (χ0v) is 16.7. The second-order valence-corrected chi connectivity index (χ2v) is 9.67. The minimum atomic E-state index is -0.214. The molecular formula is C28H22O. The van der Waals surface area contributed by atoms with Crippen LogP contribution in [-0.4, -0.2) is 5.11 Å². The van der Waals surface area contributed by atoms with Crippen molar-refractivity contribution >= 4 is 10.8 Å². The van der Waals surface area contributed by atoms with Crippen LogP contribution in [0.2, 0.25) is 0 Å². The summed E-state index contributed by atoms with van der Waals surface area (Å²) >= 11 is 0. The van der Waals surface area contributed by atoms with Crippen LogP contribution >= 0.6 is 0 Å². The molecule has 0 heterocycles. The van der Waals surface area contributed by atoms with E-state index in [9.17, 15) is 5.11 Å². The van der Waals surface area contributed by atoms with Gasteiger partial charge in [0.15, 0.2) is 0 Å². The Labute approximate surface area is 170 Å². The van der Waals surface area contributed by atoms with Gasteiger partial charge >= 0.3 is 0 Å². The quantitative estimate of drug-likeness (QED) is 0.370. The second-order valence-electron chi connectivity index (χ2n) is 9.67. The minimum absolute atomic E-state index is 0.0797. The fraction of sp³-hybridized carbons (Fsp3) is 0.214. The molecule has 0 aromatic heterocycles. The van der Waals surface area contributed by atoms with Gasteiger partial charge in [0.2, 0.25) is 0 Å². The smallest absolute Gasteiger partial charge is 0.120 e. The maximum absolute atomic E-state index is 11.2. The van der Waals surface area contributed by atoms with Crippen LogP contribution in [0.3, 0.4) is 0 Å². The molecule has 3 aliphatic rings. The molecule has 1 heteroatoms. The largest absolute Gasteiger partial charge is 0.508 e. The van der Waals surface area contributed by atoms with Crippen molar-refractivity contribution in [2.45, 2.75) is 31.1 Å². The first-order chi connectivity index (χ1) is 14.0. The topological polar surface area (TPSA) is 20.2 Å². The molecule has 0 saturated heterocycles. The van der Waals surface area contributed by atoms with Gasteiger partial charge in [-0.15, -0.1) is 0 Å². The van der Waals surface area contributed by atoms with Crippen LogP contribution in [0.15, 0.2) is 78.9 Å². The number of rotatable bonds is 0. The first kappa shape index (κ1) is 15.8. The van der Waals surface area contributed by atoms with Gasteiger partial charge in [-0.3, -0.25) is 0 Å². The molecule has 3 aliphatic carbocycles. The van der Waals surface area contributed by atoms with Crippen LogP contribution in [-0.2, 0) is 10.8 Å². The van der Waals surface area contributed by atoms with E-state index in [0.29, 0.717) is 5.75 Å². The van der Waals surface area contributed by atoms with Crippen molar-refractivity contribution in [1.82, 2.24) is 0 Å². The van der Waals surface area contributed by atoms with Gasteiger partial charge in [-0.25, -0.2) is 0 Å². The number of hydrogen-bond donors (Lipinski definition) is 1. The highest BCUT2D eigenvalue weighted by Gasteiger charge is 2.77. The molecule has 0 bridgehead atoms. The summed E-state index contributed by atoms with van der Waals surface area (Å²) in [5.41, 5.74) is 7.69. The minimum Gasteiger partial charge on any atom is -0.508 e. The number of fused-ring (bicyclic) bond motifs is 3. The predicted molar refractivity (Wildman–Crippen MR) is 117 cm³/mol. The van der Waals surface area contributed by atoms with Crippen molar-refractivity contribution < 1.29 is 5.11 Å². The van der Waals surface area contributed by atoms with Crippen LogP contribution in [0, 0.1) is 5.41 Å². The lowest BCUT2D eigenvalue weighted by molar-refractivity contribution is -0.0224. The number of benzene rings is 4. The Morgan fingerprint density at radius 1 is 0.690 bits per heavy atom. The number of aromatic hydroxyl groups is 1. The average Bonchev–Trinajstić information content (AvgIpc) is 2.97. The van der Waals surface area contributed by atoms with Crippen molar-refractivity contribution in [2.24, 2.45) is 5.41 Å². The lowest BCUT2D eigenvalue weighted by Gasteiger charge is -2.70. The summed E-state index contributed by atoms with van der Waals surface area (Å²) in [6, 6.07) is 28.5.